The lowest BCUT2D eigenvalue weighted by atomic mass is 10.0. The van der Waals surface area contributed by atoms with Crippen molar-refractivity contribution in [1.29, 1.82) is 0 Å². The van der Waals surface area contributed by atoms with E-state index in [9.17, 15) is 14.0 Å². The molecule has 0 saturated heterocycles. The van der Waals surface area contributed by atoms with E-state index >= 15 is 0 Å². The Balaban J connectivity index is 2.12. The van der Waals surface area contributed by atoms with Crippen LogP contribution in [-0.4, -0.2) is 11.8 Å². The fourth-order valence-corrected chi connectivity index (χ4v) is 2.47. The zero-order valence-corrected chi connectivity index (χ0v) is 14.2. The highest BCUT2D eigenvalue weighted by Gasteiger charge is 2.17. The summed E-state index contributed by atoms with van der Waals surface area (Å²) in [5, 5.41) is 6.07. The summed E-state index contributed by atoms with van der Waals surface area (Å²) >= 11 is 5.87. The van der Waals surface area contributed by atoms with Gasteiger partial charge >= 0.3 is 0 Å². The summed E-state index contributed by atoms with van der Waals surface area (Å²) in [6.07, 6.45) is 0.0536. The summed E-state index contributed by atoms with van der Waals surface area (Å²) in [5.74, 6) is -0.873. The van der Waals surface area contributed by atoms with Crippen LogP contribution in [0.25, 0.3) is 0 Å². The number of halogens is 2. The van der Waals surface area contributed by atoms with Crippen molar-refractivity contribution in [2.45, 2.75) is 26.3 Å². The van der Waals surface area contributed by atoms with Crippen molar-refractivity contribution in [3.8, 4) is 0 Å². The third-order valence-corrected chi connectivity index (χ3v) is 3.75. The number of hydrogen-bond acceptors (Lipinski definition) is 2. The first-order valence-corrected chi connectivity index (χ1v) is 7.81. The highest BCUT2D eigenvalue weighted by atomic mass is 35.5. The van der Waals surface area contributed by atoms with Crippen molar-refractivity contribution in [3.63, 3.8) is 0 Å². The second-order valence-corrected chi connectivity index (χ2v) is 5.95. The molecular weight excluding hydrogens is 331 g/mol. The van der Waals surface area contributed by atoms with Crippen molar-refractivity contribution >= 4 is 29.1 Å². The molecule has 6 heteroatoms. The molecule has 1 atom stereocenters. The van der Waals surface area contributed by atoms with Crippen LogP contribution in [0.4, 0.5) is 10.1 Å². The van der Waals surface area contributed by atoms with Crippen LogP contribution < -0.4 is 10.6 Å². The molecule has 0 heterocycles. The van der Waals surface area contributed by atoms with E-state index in [1.54, 1.807) is 31.2 Å². The standard InChI is InChI=1S/C18H18ClFN2O2/c1-11-9-15(20)7-8-16(11)22-18(24)10-17(21-12(2)23)13-3-5-14(19)6-4-13/h3-9,17H,10H2,1-2H3,(H,21,23)(H,22,24). The minimum absolute atomic E-state index is 0.0536. The second-order valence-electron chi connectivity index (χ2n) is 5.52. The fraction of sp³-hybridized carbons (Fsp3) is 0.222. The lowest BCUT2D eigenvalue weighted by Crippen LogP contribution is -2.29. The zero-order valence-electron chi connectivity index (χ0n) is 13.4. The van der Waals surface area contributed by atoms with E-state index in [1.165, 1.54) is 25.1 Å². The molecule has 0 bridgehead atoms. The molecule has 2 N–H and O–H groups in total. The van der Waals surface area contributed by atoms with Crippen LogP contribution in [0.1, 0.15) is 30.5 Å². The molecule has 0 aliphatic carbocycles. The first kappa shape index (κ1) is 17.9. The third kappa shape index (κ3) is 5.06. The molecule has 4 nitrogen and oxygen atoms in total. The largest absolute Gasteiger partial charge is 0.349 e. The van der Waals surface area contributed by atoms with E-state index in [1.807, 2.05) is 0 Å². The van der Waals surface area contributed by atoms with Gasteiger partial charge in [0.05, 0.1) is 12.5 Å². The average molecular weight is 349 g/mol. The van der Waals surface area contributed by atoms with Crippen molar-refractivity contribution in [1.82, 2.24) is 5.32 Å². The number of carbonyl (C=O) groups excluding carboxylic acids is 2. The molecular formula is C18H18ClFN2O2. The first-order chi connectivity index (χ1) is 11.3. The van der Waals surface area contributed by atoms with E-state index < -0.39 is 6.04 Å². The van der Waals surface area contributed by atoms with Crippen molar-refractivity contribution in [2.24, 2.45) is 0 Å². The van der Waals surface area contributed by atoms with Gasteiger partial charge in [0.15, 0.2) is 0 Å². The average Bonchev–Trinajstić information content (AvgIpc) is 2.50. The van der Waals surface area contributed by atoms with Crippen molar-refractivity contribution in [3.05, 3.63) is 64.4 Å². The van der Waals surface area contributed by atoms with Crippen LogP contribution in [0.15, 0.2) is 42.5 Å². The summed E-state index contributed by atoms with van der Waals surface area (Å²) in [4.78, 5) is 23.7. The molecule has 0 radical (unpaired) electrons. The molecule has 0 saturated carbocycles. The molecule has 1 unspecified atom stereocenters. The van der Waals surface area contributed by atoms with Crippen molar-refractivity contribution in [2.75, 3.05) is 5.32 Å². The number of carbonyl (C=O) groups is 2. The quantitative estimate of drug-likeness (QED) is 0.858. The van der Waals surface area contributed by atoms with Gasteiger partial charge in [-0.25, -0.2) is 4.39 Å². The van der Waals surface area contributed by atoms with Gasteiger partial charge < -0.3 is 10.6 Å². The van der Waals surface area contributed by atoms with Crippen molar-refractivity contribution < 1.29 is 14.0 Å². The predicted molar refractivity (Wildman–Crippen MR) is 92.4 cm³/mol. The highest BCUT2D eigenvalue weighted by Crippen LogP contribution is 2.21. The van der Waals surface area contributed by atoms with Crippen LogP contribution >= 0.6 is 11.6 Å². The maximum atomic E-state index is 13.1. The fourth-order valence-electron chi connectivity index (χ4n) is 2.35. The molecule has 0 spiro atoms. The Bertz CT molecular complexity index is 747. The maximum absolute atomic E-state index is 13.1. The Morgan fingerprint density at radius 2 is 1.83 bits per heavy atom. The molecule has 2 aromatic carbocycles. The van der Waals surface area contributed by atoms with Gasteiger partial charge in [0, 0.05) is 17.6 Å². The van der Waals surface area contributed by atoms with E-state index in [4.69, 9.17) is 11.6 Å². The Kier molecular flexibility index (Phi) is 5.93. The lowest BCUT2D eigenvalue weighted by molar-refractivity contribution is -0.120. The summed E-state index contributed by atoms with van der Waals surface area (Å²) in [5.41, 5.74) is 1.95. The molecule has 2 aromatic rings. The van der Waals surface area contributed by atoms with E-state index in [0.29, 0.717) is 16.3 Å². The number of hydrogen-bond donors (Lipinski definition) is 2. The van der Waals surface area contributed by atoms with Gasteiger partial charge in [-0.3, -0.25) is 9.59 Å². The van der Waals surface area contributed by atoms with E-state index in [-0.39, 0.29) is 24.1 Å². The Labute approximate surface area is 145 Å². The van der Waals surface area contributed by atoms with Gasteiger partial charge in [-0.2, -0.15) is 0 Å². The Morgan fingerprint density at radius 1 is 1.17 bits per heavy atom. The third-order valence-electron chi connectivity index (χ3n) is 3.50. The zero-order chi connectivity index (χ0) is 17.7. The van der Waals surface area contributed by atoms with Crippen LogP contribution in [0.2, 0.25) is 5.02 Å². The normalized spacial score (nSPS) is 11.7. The molecule has 24 heavy (non-hydrogen) atoms. The topological polar surface area (TPSA) is 58.2 Å². The molecule has 0 aliphatic rings. The van der Waals surface area contributed by atoms with Crippen LogP contribution in [0.5, 0.6) is 0 Å². The maximum Gasteiger partial charge on any atom is 0.226 e. The summed E-state index contributed by atoms with van der Waals surface area (Å²) in [6, 6.07) is 10.6. The van der Waals surface area contributed by atoms with Gasteiger partial charge in [0.1, 0.15) is 5.82 Å². The summed E-state index contributed by atoms with van der Waals surface area (Å²) < 4.78 is 13.1. The number of rotatable bonds is 5. The Morgan fingerprint density at radius 3 is 2.42 bits per heavy atom. The molecule has 0 fully saturated rings. The summed E-state index contributed by atoms with van der Waals surface area (Å²) in [6.45, 7) is 3.11. The lowest BCUT2D eigenvalue weighted by Gasteiger charge is -2.18. The number of amides is 2. The van der Waals surface area contributed by atoms with Crippen LogP contribution in [0.3, 0.4) is 0 Å². The number of benzene rings is 2. The second kappa shape index (κ2) is 7.93. The SMILES string of the molecule is CC(=O)NC(CC(=O)Nc1ccc(F)cc1C)c1ccc(Cl)cc1. The highest BCUT2D eigenvalue weighted by molar-refractivity contribution is 6.30. The first-order valence-electron chi connectivity index (χ1n) is 7.43. The van der Waals surface area contributed by atoms with Gasteiger partial charge in [-0.05, 0) is 48.4 Å². The van der Waals surface area contributed by atoms with E-state index in [0.717, 1.165) is 5.56 Å². The molecule has 2 amide bonds. The number of aryl methyl sites for hydroxylation is 1. The smallest absolute Gasteiger partial charge is 0.226 e. The molecule has 2 rings (SSSR count). The Hall–Kier alpha value is -2.40. The van der Waals surface area contributed by atoms with Gasteiger partial charge in [0.25, 0.3) is 0 Å². The minimum Gasteiger partial charge on any atom is -0.349 e. The van der Waals surface area contributed by atoms with E-state index in [2.05, 4.69) is 10.6 Å². The molecule has 0 aliphatic heterocycles. The minimum atomic E-state index is -0.472. The monoisotopic (exact) mass is 348 g/mol. The number of anilines is 1. The van der Waals surface area contributed by atoms with Crippen LogP contribution in [0, 0.1) is 12.7 Å². The van der Waals surface area contributed by atoms with Gasteiger partial charge in [-0.1, -0.05) is 23.7 Å². The number of nitrogens with one attached hydrogen (secondary N) is 2. The van der Waals surface area contributed by atoms with Gasteiger partial charge in [0.2, 0.25) is 11.8 Å². The predicted octanol–water partition coefficient (Wildman–Crippen LogP) is 3.99. The van der Waals surface area contributed by atoms with Gasteiger partial charge in [-0.15, -0.1) is 0 Å². The summed E-state index contributed by atoms with van der Waals surface area (Å²) in [7, 11) is 0. The van der Waals surface area contributed by atoms with Crippen LogP contribution in [-0.2, 0) is 9.59 Å². The molecule has 0 aromatic heterocycles. The molecule has 126 valence electrons.